The third-order valence-corrected chi connectivity index (χ3v) is 4.53. The zero-order valence-corrected chi connectivity index (χ0v) is 14.7. The maximum Gasteiger partial charge on any atom is 0.251 e. The van der Waals surface area contributed by atoms with Crippen molar-refractivity contribution in [1.29, 1.82) is 0 Å². The van der Waals surface area contributed by atoms with Crippen LogP contribution in [0.25, 0.3) is 0 Å². The zero-order chi connectivity index (χ0) is 17.9. The highest BCUT2D eigenvalue weighted by atomic mass is 16.5. The molecule has 0 saturated heterocycles. The van der Waals surface area contributed by atoms with Crippen LogP contribution in [-0.2, 0) is 5.60 Å². The molecule has 0 radical (unpaired) electrons. The van der Waals surface area contributed by atoms with Gasteiger partial charge in [0.05, 0.1) is 12.6 Å². The molecular weight excluding hydrogens is 314 g/mol. The van der Waals surface area contributed by atoms with Gasteiger partial charge >= 0.3 is 0 Å². The smallest absolute Gasteiger partial charge is 0.251 e. The molecular formula is C21H25NO3. The Morgan fingerprint density at radius 3 is 2.36 bits per heavy atom. The van der Waals surface area contributed by atoms with E-state index in [-0.39, 0.29) is 24.5 Å². The summed E-state index contributed by atoms with van der Waals surface area (Å²) in [6.07, 6.45) is 2.07. The molecule has 1 unspecified atom stereocenters. The lowest BCUT2D eigenvalue weighted by Crippen LogP contribution is -2.42. The molecule has 1 aliphatic carbocycles. The molecule has 1 aliphatic rings. The molecule has 0 bridgehead atoms. The number of ether oxygens (including phenoxy) is 1. The first-order valence-corrected chi connectivity index (χ1v) is 8.82. The Hall–Kier alpha value is -2.33. The second-order valence-electron chi connectivity index (χ2n) is 6.94. The number of aliphatic hydroxyl groups is 1. The molecule has 2 N–H and O–H groups in total. The number of nitrogens with one attached hydrogen (secondary N) is 1. The highest BCUT2D eigenvalue weighted by Gasteiger charge is 2.45. The number of hydrogen-bond acceptors (Lipinski definition) is 3. The third-order valence-electron chi connectivity index (χ3n) is 4.53. The van der Waals surface area contributed by atoms with Gasteiger partial charge in [0.15, 0.2) is 0 Å². The van der Waals surface area contributed by atoms with Crippen LogP contribution < -0.4 is 10.1 Å². The Kier molecular flexibility index (Phi) is 5.09. The summed E-state index contributed by atoms with van der Waals surface area (Å²) < 4.78 is 5.59. The van der Waals surface area contributed by atoms with Crippen LogP contribution in [0.4, 0.5) is 0 Å². The zero-order valence-electron chi connectivity index (χ0n) is 14.7. The van der Waals surface area contributed by atoms with Crippen molar-refractivity contribution in [2.75, 3.05) is 6.54 Å². The molecule has 0 spiro atoms. The predicted molar refractivity (Wildman–Crippen MR) is 97.6 cm³/mol. The average molecular weight is 339 g/mol. The van der Waals surface area contributed by atoms with Crippen molar-refractivity contribution in [2.45, 2.75) is 38.4 Å². The Bertz CT molecular complexity index is 708. The average Bonchev–Trinajstić information content (AvgIpc) is 3.46. The highest BCUT2D eigenvalue weighted by molar-refractivity contribution is 5.94. The van der Waals surface area contributed by atoms with E-state index in [2.05, 4.69) is 5.32 Å². The predicted octanol–water partition coefficient (Wildman–Crippen LogP) is 3.50. The maximum atomic E-state index is 12.4. The summed E-state index contributed by atoms with van der Waals surface area (Å²) in [5.41, 5.74) is 0.415. The quantitative estimate of drug-likeness (QED) is 0.812. The van der Waals surface area contributed by atoms with Gasteiger partial charge in [-0.2, -0.15) is 0 Å². The molecule has 1 atom stereocenters. The van der Waals surface area contributed by atoms with Crippen molar-refractivity contribution in [3.05, 3.63) is 65.7 Å². The largest absolute Gasteiger partial charge is 0.491 e. The van der Waals surface area contributed by atoms with Gasteiger partial charge in [-0.25, -0.2) is 0 Å². The summed E-state index contributed by atoms with van der Waals surface area (Å²) in [5, 5.41) is 14.0. The molecule has 25 heavy (non-hydrogen) atoms. The lowest BCUT2D eigenvalue weighted by molar-refractivity contribution is 0.0135. The molecule has 0 heterocycles. The fraction of sp³-hybridized carbons (Fsp3) is 0.381. The summed E-state index contributed by atoms with van der Waals surface area (Å²) >= 11 is 0. The van der Waals surface area contributed by atoms with E-state index < -0.39 is 5.60 Å². The van der Waals surface area contributed by atoms with Crippen LogP contribution in [-0.4, -0.2) is 23.7 Å². The van der Waals surface area contributed by atoms with E-state index in [0.29, 0.717) is 5.56 Å². The molecule has 1 fully saturated rings. The van der Waals surface area contributed by atoms with Crippen molar-refractivity contribution < 1.29 is 14.6 Å². The summed E-state index contributed by atoms with van der Waals surface area (Å²) in [7, 11) is 0. The van der Waals surface area contributed by atoms with E-state index in [0.717, 1.165) is 24.2 Å². The van der Waals surface area contributed by atoms with E-state index in [9.17, 15) is 9.90 Å². The first-order chi connectivity index (χ1) is 12.0. The van der Waals surface area contributed by atoms with Crippen LogP contribution in [0.2, 0.25) is 0 Å². The Labute approximate surface area is 148 Å². The summed E-state index contributed by atoms with van der Waals surface area (Å²) in [6, 6.07) is 16.7. The van der Waals surface area contributed by atoms with Gasteiger partial charge in [0.25, 0.3) is 5.91 Å². The number of amides is 1. The Balaban J connectivity index is 1.66. The SMILES string of the molecule is CC(C)Oc1ccc(C(=O)NCC(O)(c2ccccc2)C2CC2)cc1. The van der Waals surface area contributed by atoms with Crippen molar-refractivity contribution in [3.8, 4) is 5.75 Å². The molecule has 3 rings (SSSR count). The van der Waals surface area contributed by atoms with E-state index >= 15 is 0 Å². The fourth-order valence-electron chi connectivity index (χ4n) is 3.04. The van der Waals surface area contributed by atoms with Gasteiger partial charge < -0.3 is 15.2 Å². The van der Waals surface area contributed by atoms with E-state index in [1.54, 1.807) is 24.3 Å². The summed E-state index contributed by atoms with van der Waals surface area (Å²) in [5.74, 6) is 0.758. The van der Waals surface area contributed by atoms with Crippen molar-refractivity contribution in [3.63, 3.8) is 0 Å². The van der Waals surface area contributed by atoms with Crippen LogP contribution in [0, 0.1) is 5.92 Å². The molecule has 1 saturated carbocycles. The van der Waals surface area contributed by atoms with Crippen molar-refractivity contribution in [1.82, 2.24) is 5.32 Å². The van der Waals surface area contributed by atoms with Crippen LogP contribution in [0.5, 0.6) is 5.75 Å². The standard InChI is InChI=1S/C21H25NO3/c1-15(2)25-19-12-8-16(9-13-19)20(23)22-14-21(24,18-10-11-18)17-6-4-3-5-7-17/h3-9,12-13,15,18,24H,10-11,14H2,1-2H3,(H,22,23). The Morgan fingerprint density at radius 1 is 1.16 bits per heavy atom. The highest BCUT2D eigenvalue weighted by Crippen LogP contribution is 2.45. The number of benzene rings is 2. The van der Waals surface area contributed by atoms with Gasteiger partial charge in [0.1, 0.15) is 11.4 Å². The van der Waals surface area contributed by atoms with Crippen molar-refractivity contribution >= 4 is 5.91 Å². The van der Waals surface area contributed by atoms with Crippen LogP contribution >= 0.6 is 0 Å². The molecule has 4 nitrogen and oxygen atoms in total. The third kappa shape index (κ3) is 4.20. The fourth-order valence-corrected chi connectivity index (χ4v) is 3.04. The van der Waals surface area contributed by atoms with Gasteiger partial charge in [0.2, 0.25) is 0 Å². The molecule has 2 aromatic carbocycles. The second-order valence-corrected chi connectivity index (χ2v) is 6.94. The van der Waals surface area contributed by atoms with Gasteiger partial charge in [-0.05, 0) is 62.4 Å². The van der Waals surface area contributed by atoms with Gasteiger partial charge in [-0.3, -0.25) is 4.79 Å². The first kappa shape index (κ1) is 17.5. The number of hydrogen-bond donors (Lipinski definition) is 2. The maximum absolute atomic E-state index is 12.4. The van der Waals surface area contributed by atoms with Gasteiger partial charge in [-0.15, -0.1) is 0 Å². The number of carbonyl (C=O) groups is 1. The normalized spacial score (nSPS) is 16.3. The lowest BCUT2D eigenvalue weighted by Gasteiger charge is -2.29. The van der Waals surface area contributed by atoms with Gasteiger partial charge in [-0.1, -0.05) is 30.3 Å². The van der Waals surface area contributed by atoms with Crippen LogP contribution in [0.15, 0.2) is 54.6 Å². The minimum Gasteiger partial charge on any atom is -0.491 e. The van der Waals surface area contributed by atoms with Crippen LogP contribution in [0.1, 0.15) is 42.6 Å². The van der Waals surface area contributed by atoms with Gasteiger partial charge in [0, 0.05) is 5.56 Å². The minimum atomic E-state index is -1.00. The molecule has 0 aromatic heterocycles. The van der Waals surface area contributed by atoms with E-state index in [1.807, 2.05) is 44.2 Å². The molecule has 4 heteroatoms. The molecule has 2 aromatic rings. The van der Waals surface area contributed by atoms with E-state index in [1.165, 1.54) is 0 Å². The number of carbonyl (C=O) groups excluding carboxylic acids is 1. The number of rotatable bonds is 7. The monoisotopic (exact) mass is 339 g/mol. The lowest BCUT2D eigenvalue weighted by atomic mass is 9.88. The first-order valence-electron chi connectivity index (χ1n) is 8.82. The Morgan fingerprint density at radius 2 is 1.80 bits per heavy atom. The minimum absolute atomic E-state index is 0.0964. The summed E-state index contributed by atoms with van der Waals surface area (Å²) in [6.45, 7) is 4.14. The molecule has 0 aliphatic heterocycles. The second kappa shape index (κ2) is 7.28. The van der Waals surface area contributed by atoms with Crippen LogP contribution in [0.3, 0.4) is 0 Å². The molecule has 132 valence electrons. The molecule has 1 amide bonds. The summed E-state index contributed by atoms with van der Waals surface area (Å²) in [4.78, 5) is 12.4. The van der Waals surface area contributed by atoms with E-state index in [4.69, 9.17) is 4.74 Å². The topological polar surface area (TPSA) is 58.6 Å². The van der Waals surface area contributed by atoms with Crippen molar-refractivity contribution in [2.24, 2.45) is 5.92 Å².